The number of carbonyl (C=O) groups is 1. The fraction of sp³-hybridized carbons (Fsp3) is 0.720. The molecule has 0 saturated carbocycles. The van der Waals surface area contributed by atoms with Gasteiger partial charge in [-0.1, -0.05) is 12.1 Å². The highest BCUT2D eigenvalue weighted by molar-refractivity contribution is 5.77. The Bertz CT molecular complexity index is 638. The highest BCUT2D eigenvalue weighted by Crippen LogP contribution is 2.25. The van der Waals surface area contributed by atoms with E-state index in [1.165, 1.54) is 0 Å². The van der Waals surface area contributed by atoms with Crippen LogP contribution < -0.4 is 4.74 Å². The fourth-order valence-electron chi connectivity index (χ4n) is 3.20. The minimum Gasteiger partial charge on any atom is -0.497 e. The van der Waals surface area contributed by atoms with E-state index in [0.717, 1.165) is 37.0 Å². The third kappa shape index (κ3) is 11.6. The van der Waals surface area contributed by atoms with Gasteiger partial charge in [0.15, 0.2) is 0 Å². The van der Waals surface area contributed by atoms with Crippen LogP contribution in [0.25, 0.3) is 0 Å². The Morgan fingerprint density at radius 1 is 1.12 bits per heavy atom. The number of carbonyl (C=O) groups excluding carboxylic acids is 1. The second-order valence-electron chi connectivity index (χ2n) is 8.29. The van der Waals surface area contributed by atoms with Crippen LogP contribution in [0.4, 0.5) is 0 Å². The van der Waals surface area contributed by atoms with Crippen LogP contribution in [0.5, 0.6) is 5.75 Å². The number of ether oxygens (including phenoxy) is 5. The van der Waals surface area contributed by atoms with Gasteiger partial charge in [-0.3, -0.25) is 0 Å². The van der Waals surface area contributed by atoms with Gasteiger partial charge in [0.1, 0.15) is 5.75 Å². The van der Waals surface area contributed by atoms with Gasteiger partial charge in [-0.2, -0.15) is 0 Å². The van der Waals surface area contributed by atoms with Crippen LogP contribution in [0.3, 0.4) is 0 Å². The summed E-state index contributed by atoms with van der Waals surface area (Å²) in [6.07, 6.45) is 3.21. The van der Waals surface area contributed by atoms with Crippen LogP contribution in [-0.4, -0.2) is 80.4 Å². The van der Waals surface area contributed by atoms with Gasteiger partial charge < -0.3 is 39.0 Å². The molecule has 34 heavy (non-hydrogen) atoms. The molecule has 9 nitrogen and oxygen atoms in total. The van der Waals surface area contributed by atoms with Crippen LogP contribution >= 0.6 is 0 Å². The Kier molecular flexibility index (Phi) is 15.7. The zero-order valence-electron chi connectivity index (χ0n) is 20.7. The second-order valence-corrected chi connectivity index (χ2v) is 8.29. The molecule has 1 heterocycles. The second kappa shape index (κ2) is 17.7. The summed E-state index contributed by atoms with van der Waals surface area (Å²) in [7, 11) is 1.64. The molecule has 2 rings (SSSR count). The Balaban J connectivity index is 0.000000342. The number of rotatable bonds is 14. The molecule has 0 spiro atoms. The molecule has 0 amide bonds. The van der Waals surface area contributed by atoms with Gasteiger partial charge in [0, 0.05) is 45.2 Å². The SMILES string of the molecule is CCOC(=O)C1(C)OCC(CCCO)CO1.COc1ccc(COCCCC(CO)CO)cc1. The quantitative estimate of drug-likeness (QED) is 0.268. The van der Waals surface area contributed by atoms with E-state index < -0.39 is 11.8 Å². The normalized spacial score (nSPS) is 19.9. The van der Waals surface area contributed by atoms with Crippen LogP contribution in [0.2, 0.25) is 0 Å². The summed E-state index contributed by atoms with van der Waals surface area (Å²) in [4.78, 5) is 11.5. The smallest absolute Gasteiger partial charge is 0.366 e. The van der Waals surface area contributed by atoms with Crippen molar-refractivity contribution in [3.8, 4) is 5.75 Å². The van der Waals surface area contributed by atoms with Crippen molar-refractivity contribution in [3.05, 3.63) is 29.8 Å². The number of aliphatic hydroxyl groups excluding tert-OH is 3. The first-order valence-electron chi connectivity index (χ1n) is 11.9. The zero-order chi connectivity index (χ0) is 25.2. The summed E-state index contributed by atoms with van der Waals surface area (Å²) in [5.41, 5.74) is 1.11. The van der Waals surface area contributed by atoms with Crippen LogP contribution in [-0.2, 0) is 30.3 Å². The van der Waals surface area contributed by atoms with E-state index in [1.54, 1.807) is 21.0 Å². The van der Waals surface area contributed by atoms with Gasteiger partial charge in [0.2, 0.25) is 0 Å². The third-order valence-corrected chi connectivity index (χ3v) is 5.45. The minimum atomic E-state index is -1.26. The van der Waals surface area contributed by atoms with Crippen molar-refractivity contribution in [3.63, 3.8) is 0 Å². The zero-order valence-corrected chi connectivity index (χ0v) is 20.7. The van der Waals surface area contributed by atoms with Gasteiger partial charge in [-0.05, 0) is 50.3 Å². The molecule has 1 aromatic rings. The first-order valence-corrected chi connectivity index (χ1v) is 11.9. The molecule has 0 aromatic heterocycles. The summed E-state index contributed by atoms with van der Waals surface area (Å²) in [6, 6.07) is 7.77. The van der Waals surface area contributed by atoms with Crippen molar-refractivity contribution in [1.29, 1.82) is 0 Å². The monoisotopic (exact) mass is 486 g/mol. The maximum absolute atomic E-state index is 11.5. The van der Waals surface area contributed by atoms with E-state index in [1.807, 2.05) is 24.3 Å². The molecule has 0 aliphatic carbocycles. The molecule has 9 heteroatoms. The highest BCUT2D eigenvalue weighted by Gasteiger charge is 2.41. The van der Waals surface area contributed by atoms with E-state index >= 15 is 0 Å². The van der Waals surface area contributed by atoms with Crippen molar-refractivity contribution in [2.75, 3.05) is 53.4 Å². The maximum atomic E-state index is 11.5. The molecule has 0 radical (unpaired) electrons. The predicted octanol–water partition coefficient (Wildman–Crippen LogP) is 2.29. The minimum absolute atomic E-state index is 0.0189. The van der Waals surface area contributed by atoms with E-state index in [4.69, 9.17) is 39.0 Å². The van der Waals surface area contributed by atoms with Crippen molar-refractivity contribution in [1.82, 2.24) is 0 Å². The molecular formula is C25H42O9. The molecule has 3 N–H and O–H groups in total. The molecule has 1 aliphatic rings. The Labute approximate surface area is 202 Å². The Hall–Kier alpha value is -1.75. The lowest BCUT2D eigenvalue weighted by molar-refractivity contribution is -0.274. The van der Waals surface area contributed by atoms with Gasteiger partial charge >= 0.3 is 5.97 Å². The standard InChI is InChI=1S/C14H22O4.C11H20O5/c1-17-14-6-4-12(5-7-14)11-18-8-2-3-13(9-15)10-16;1-3-14-10(13)11(2)15-7-9(8-16-11)5-4-6-12/h4-7,13,15-16H,2-3,8-11H2,1H3;9,12H,3-8H2,1-2H3. The van der Waals surface area contributed by atoms with Gasteiger partial charge in [-0.15, -0.1) is 0 Å². The molecule has 1 aliphatic heterocycles. The molecule has 1 aromatic carbocycles. The van der Waals surface area contributed by atoms with Gasteiger partial charge in [0.05, 0.1) is 33.5 Å². The average molecular weight is 487 g/mol. The lowest BCUT2D eigenvalue weighted by Gasteiger charge is -2.35. The van der Waals surface area contributed by atoms with Crippen molar-refractivity contribution >= 4 is 5.97 Å². The van der Waals surface area contributed by atoms with Gasteiger partial charge in [-0.25, -0.2) is 4.79 Å². The predicted molar refractivity (Wildman–Crippen MR) is 126 cm³/mol. The molecule has 1 saturated heterocycles. The Morgan fingerprint density at radius 3 is 2.29 bits per heavy atom. The summed E-state index contributed by atoms with van der Waals surface area (Å²) >= 11 is 0. The van der Waals surface area contributed by atoms with E-state index in [-0.39, 0.29) is 31.7 Å². The van der Waals surface area contributed by atoms with Crippen LogP contribution in [0.1, 0.15) is 45.1 Å². The third-order valence-electron chi connectivity index (χ3n) is 5.45. The van der Waals surface area contributed by atoms with Crippen molar-refractivity contribution in [2.45, 2.75) is 51.9 Å². The number of methoxy groups -OCH3 is 1. The number of hydrogen-bond acceptors (Lipinski definition) is 9. The topological polar surface area (TPSA) is 124 Å². The lowest BCUT2D eigenvalue weighted by atomic mass is 10.0. The molecule has 0 unspecified atom stereocenters. The largest absolute Gasteiger partial charge is 0.497 e. The number of esters is 1. The number of hydrogen-bond donors (Lipinski definition) is 3. The summed E-state index contributed by atoms with van der Waals surface area (Å²) in [6.45, 7) is 6.03. The van der Waals surface area contributed by atoms with Crippen LogP contribution in [0.15, 0.2) is 24.3 Å². The molecule has 0 bridgehead atoms. The van der Waals surface area contributed by atoms with E-state index in [0.29, 0.717) is 33.0 Å². The lowest BCUT2D eigenvalue weighted by Crippen LogP contribution is -2.48. The van der Waals surface area contributed by atoms with Gasteiger partial charge in [0.25, 0.3) is 5.79 Å². The van der Waals surface area contributed by atoms with E-state index in [2.05, 4.69) is 0 Å². The summed E-state index contributed by atoms with van der Waals surface area (Å²) < 4.78 is 26.3. The first kappa shape index (κ1) is 30.3. The van der Waals surface area contributed by atoms with Crippen molar-refractivity contribution in [2.24, 2.45) is 11.8 Å². The van der Waals surface area contributed by atoms with Crippen molar-refractivity contribution < 1.29 is 43.8 Å². The summed E-state index contributed by atoms with van der Waals surface area (Å²) in [5, 5.41) is 26.5. The molecule has 0 atom stereocenters. The van der Waals surface area contributed by atoms with Crippen LogP contribution in [0, 0.1) is 11.8 Å². The Morgan fingerprint density at radius 2 is 1.76 bits per heavy atom. The molecule has 1 fully saturated rings. The molecule has 196 valence electrons. The molecular weight excluding hydrogens is 444 g/mol. The number of benzene rings is 1. The highest BCUT2D eigenvalue weighted by atomic mass is 16.7. The first-order chi connectivity index (χ1) is 16.4. The average Bonchev–Trinajstić information content (AvgIpc) is 2.87. The maximum Gasteiger partial charge on any atom is 0.366 e. The van der Waals surface area contributed by atoms with E-state index in [9.17, 15) is 4.79 Å². The fourth-order valence-corrected chi connectivity index (χ4v) is 3.20. The summed E-state index contributed by atoms with van der Waals surface area (Å²) in [5.74, 6) is -0.668. The number of aliphatic hydroxyl groups is 3.